The van der Waals surface area contributed by atoms with Crippen molar-refractivity contribution < 1.29 is 85.6 Å². The molecule has 0 aromatic heterocycles. The first-order valence-electron chi connectivity index (χ1n) is 49.3. The van der Waals surface area contributed by atoms with Crippen molar-refractivity contribution >= 4 is 68.1 Å². The van der Waals surface area contributed by atoms with Crippen LogP contribution < -0.4 is 56.8 Å². The summed E-state index contributed by atoms with van der Waals surface area (Å²) in [7, 11) is 0. The Labute approximate surface area is 818 Å². The molecule has 10 rings (SSSR count). The van der Waals surface area contributed by atoms with E-state index in [0.29, 0.717) is 110 Å². The van der Waals surface area contributed by atoms with Crippen LogP contribution in [0.1, 0.15) is 302 Å². The maximum absolute atomic E-state index is 15.1. The normalized spacial score (nSPS) is 12.4. The quantitative estimate of drug-likeness (QED) is 0.0150. The smallest absolute Gasteiger partial charge is 0.343 e. The molecule has 0 saturated heterocycles. The number of allylic oxidation sites excluding steroid dienone is 12. The lowest BCUT2D eigenvalue weighted by molar-refractivity contribution is 0.0682. The molecule has 732 valence electrons. The van der Waals surface area contributed by atoms with Crippen LogP contribution in [0.5, 0.6) is 69.0 Å². The molecule has 0 amide bonds. The minimum Gasteiger partial charge on any atom is -0.494 e. The van der Waals surface area contributed by atoms with E-state index in [9.17, 15) is 0 Å². The third kappa shape index (κ3) is 35.6. The zero-order chi connectivity index (χ0) is 99.2. The van der Waals surface area contributed by atoms with Gasteiger partial charge < -0.3 is 56.8 Å². The average Bonchev–Trinajstić information content (AvgIpc) is 0.720. The third-order valence-electron chi connectivity index (χ3n) is 24.4. The molecule has 0 fully saturated rings. The van der Waals surface area contributed by atoms with Crippen molar-refractivity contribution in [3.8, 4) is 69.0 Å². The molecule has 6 atom stereocenters. The van der Waals surface area contributed by atoms with E-state index in [1.807, 2.05) is 0 Å². The summed E-state index contributed by atoms with van der Waals surface area (Å²) < 4.78 is 76.4. The molecule has 138 heavy (non-hydrogen) atoms. The Bertz CT molecular complexity index is 4900. The summed E-state index contributed by atoms with van der Waals surface area (Å²) in [6, 6.07) is 48.5. The van der Waals surface area contributed by atoms with Gasteiger partial charge in [-0.3, -0.25) is 0 Å². The van der Waals surface area contributed by atoms with Gasteiger partial charge in [-0.1, -0.05) is 111 Å². The number of hydrogen-bond donors (Lipinski definition) is 0. The van der Waals surface area contributed by atoms with Crippen molar-refractivity contribution in [3.63, 3.8) is 0 Å². The van der Waals surface area contributed by atoms with E-state index in [-0.39, 0.29) is 100 Å². The lowest BCUT2D eigenvalue weighted by atomic mass is 9.93. The van der Waals surface area contributed by atoms with Crippen LogP contribution in [0.2, 0.25) is 0 Å². The fourth-order valence-corrected chi connectivity index (χ4v) is 15.6. The molecule has 0 N–H and O–H groups in total. The summed E-state index contributed by atoms with van der Waals surface area (Å²) in [5.41, 5.74) is 8.39. The lowest BCUT2D eigenvalue weighted by Gasteiger charge is -2.19. The van der Waals surface area contributed by atoms with E-state index in [0.717, 1.165) is 116 Å². The number of rotatable bonds is 54. The lowest BCUT2D eigenvalue weighted by Crippen LogP contribution is -2.14. The van der Waals surface area contributed by atoms with Crippen LogP contribution in [0.4, 0.5) is 0 Å². The van der Waals surface area contributed by atoms with E-state index in [1.54, 1.807) is 146 Å². The van der Waals surface area contributed by atoms with Crippen LogP contribution >= 0.6 is 0 Å². The third-order valence-corrected chi connectivity index (χ3v) is 24.4. The van der Waals surface area contributed by atoms with Crippen LogP contribution in [-0.4, -0.2) is 75.5 Å². The number of esters is 6. The maximum Gasteiger partial charge on any atom is 0.343 e. The molecule has 0 radical (unpaired) electrons. The molecular weight excluding hydrogens is 1730 g/mol. The van der Waals surface area contributed by atoms with Gasteiger partial charge in [-0.2, -0.15) is 0 Å². The maximum atomic E-state index is 15.1. The van der Waals surface area contributed by atoms with Gasteiger partial charge in [0.25, 0.3) is 0 Å². The highest BCUT2D eigenvalue weighted by atomic mass is 16.6. The fourth-order valence-electron chi connectivity index (χ4n) is 15.6. The SMILES string of the molecule is CC(C)=CCC[C@@H](C)CCOc1ccc(C(=O)Oc2cc3c4cc(OC(=O)c5ccc(OCC[C@H](C)CCC=C(C)C)cc5)c(OC(=O)c5ccc(OCC[C@H](C)CCC=C(C)C)cc5)cc4c4cc(OC(=O)c5ccc(OCC[C@H](C)CCC=C(C)C)cc5)c(OC(=O)c5ccc(OCC[C@H](C)CCC=C(C)C)cc5)cc4c3cc2OC(=O)c2ccc(OCC[C@H](C)CCC=C(C)C)cc2)cc1. The Hall–Kier alpha value is -13.0. The van der Waals surface area contributed by atoms with Crippen LogP contribution in [0.25, 0.3) is 32.3 Å². The molecule has 0 aliphatic heterocycles. The largest absolute Gasteiger partial charge is 0.494 e. The van der Waals surface area contributed by atoms with Gasteiger partial charge in [-0.25, -0.2) is 28.8 Å². The van der Waals surface area contributed by atoms with Crippen LogP contribution in [0, 0.1) is 35.5 Å². The average molecular weight is 1870 g/mol. The van der Waals surface area contributed by atoms with Crippen molar-refractivity contribution in [2.75, 3.05) is 39.6 Å². The van der Waals surface area contributed by atoms with Gasteiger partial charge in [0.2, 0.25) is 0 Å². The van der Waals surface area contributed by atoms with E-state index < -0.39 is 35.8 Å². The van der Waals surface area contributed by atoms with Crippen molar-refractivity contribution in [2.24, 2.45) is 35.5 Å². The molecule has 0 heterocycles. The standard InChI is InChI=1S/C120H144O18/c1-79(2)25-19-31-85(13)61-67-127-97-49-37-91(38-50-97)115(121)133-109-73-103-104(74-110(109)134-116(122)92-39-51-98(52-40-92)128-68-62-86(14)32-20-26-80(3)4)106-76-112(136-118(124)94-43-55-100(56-44-94)130-70-64-88(16)34-22-28-82(7)8)114(138-120(126)96-47-59-102(60-48-96)132-72-66-90(18)36-24-30-84(11)12)78-108(106)107-77-113(137-119(125)95-45-57-101(58-46-95)131-71-65-89(17)35-23-29-83(9)10)111(75-105(103)107)135-117(123)93-41-53-99(54-42-93)129-69-63-87(15)33-21-27-81(5)6/h25-30,37-60,73-78,85-90H,19-24,31-36,61-72H2,1-18H3/t85-,86-,87-,88-,89-,90-/m1/s1. The Balaban J connectivity index is 1.14. The van der Waals surface area contributed by atoms with Crippen molar-refractivity contribution in [1.29, 1.82) is 0 Å². The van der Waals surface area contributed by atoms with E-state index in [4.69, 9.17) is 56.8 Å². The number of ether oxygens (including phenoxy) is 12. The van der Waals surface area contributed by atoms with Crippen molar-refractivity contribution in [3.05, 3.63) is 285 Å². The Kier molecular flexibility index (Phi) is 42.6. The number of carbonyl (C=O) groups is 6. The first-order chi connectivity index (χ1) is 66.3. The summed E-state index contributed by atoms with van der Waals surface area (Å²) in [4.78, 5) is 90.7. The summed E-state index contributed by atoms with van der Waals surface area (Å²) in [6.07, 6.45) is 30.2. The molecule has 0 aliphatic carbocycles. The van der Waals surface area contributed by atoms with Gasteiger partial charge in [-0.15, -0.1) is 0 Å². The molecule has 0 saturated carbocycles. The number of fused-ring (bicyclic) bond motifs is 6. The Morgan fingerprint density at radius 3 is 0.435 bits per heavy atom. The van der Waals surface area contributed by atoms with E-state index in [1.165, 1.54) is 69.8 Å². The molecule has 0 bridgehead atoms. The molecule has 0 aliphatic rings. The summed E-state index contributed by atoms with van der Waals surface area (Å²) in [5, 5.41) is 1.63. The van der Waals surface area contributed by atoms with Gasteiger partial charge >= 0.3 is 35.8 Å². The predicted molar refractivity (Wildman–Crippen MR) is 555 cm³/mol. The first-order valence-corrected chi connectivity index (χ1v) is 49.3. The minimum absolute atomic E-state index is 0.122. The van der Waals surface area contributed by atoms with Gasteiger partial charge in [0.05, 0.1) is 73.0 Å². The molecule has 0 unspecified atom stereocenters. The van der Waals surface area contributed by atoms with Gasteiger partial charge in [0.15, 0.2) is 34.5 Å². The highest BCUT2D eigenvalue weighted by Gasteiger charge is 2.28. The molecule has 10 aromatic carbocycles. The number of hydrogen-bond acceptors (Lipinski definition) is 18. The molecular formula is C120H144O18. The molecule has 18 nitrogen and oxygen atoms in total. The van der Waals surface area contributed by atoms with E-state index in [2.05, 4.69) is 161 Å². The zero-order valence-electron chi connectivity index (χ0n) is 84.6. The topological polar surface area (TPSA) is 213 Å². The second-order valence-electron chi connectivity index (χ2n) is 38.6. The number of benzene rings is 10. The Morgan fingerprint density at radius 2 is 0.319 bits per heavy atom. The molecule has 10 aromatic rings. The van der Waals surface area contributed by atoms with Crippen molar-refractivity contribution in [2.45, 2.75) is 240 Å². The Morgan fingerprint density at radius 1 is 0.196 bits per heavy atom. The predicted octanol–water partition coefficient (Wildman–Crippen LogP) is 31.4. The van der Waals surface area contributed by atoms with Crippen LogP contribution in [0.3, 0.4) is 0 Å². The van der Waals surface area contributed by atoms with E-state index >= 15 is 28.8 Å². The van der Waals surface area contributed by atoms with Crippen LogP contribution in [0.15, 0.2) is 252 Å². The summed E-state index contributed by atoms with van der Waals surface area (Å²) in [5.74, 6) is -0.822. The van der Waals surface area contributed by atoms with Gasteiger partial charge in [-0.05, 0) is 448 Å². The van der Waals surface area contributed by atoms with Gasteiger partial charge in [0.1, 0.15) is 34.5 Å². The zero-order valence-corrected chi connectivity index (χ0v) is 84.6. The van der Waals surface area contributed by atoms with Crippen LogP contribution in [-0.2, 0) is 0 Å². The summed E-state index contributed by atoms with van der Waals surface area (Å²) in [6.45, 7) is 41.0. The second-order valence-corrected chi connectivity index (χ2v) is 38.6. The highest BCUT2D eigenvalue weighted by molar-refractivity contribution is 6.27. The second kappa shape index (κ2) is 54.8. The number of carbonyl (C=O) groups excluding carboxylic acids is 6. The summed E-state index contributed by atoms with van der Waals surface area (Å²) >= 11 is 0. The first kappa shape index (κ1) is 107. The molecule has 18 heteroatoms. The minimum atomic E-state index is -0.840. The monoisotopic (exact) mass is 1870 g/mol. The fraction of sp³-hybridized carbons (Fsp3) is 0.400. The highest BCUT2D eigenvalue weighted by Crippen LogP contribution is 2.49. The van der Waals surface area contributed by atoms with Crippen molar-refractivity contribution in [1.82, 2.24) is 0 Å². The van der Waals surface area contributed by atoms with Gasteiger partial charge in [0, 0.05) is 0 Å². The molecule has 0 spiro atoms.